The van der Waals surface area contributed by atoms with Crippen LogP contribution in [0, 0.1) is 0 Å². The third-order valence-corrected chi connectivity index (χ3v) is 2.34. The van der Waals surface area contributed by atoms with Gasteiger partial charge in [-0.1, -0.05) is 12.5 Å². The topological polar surface area (TPSA) is 30.5 Å². The minimum absolute atomic E-state index is 0.144. The summed E-state index contributed by atoms with van der Waals surface area (Å²) in [6.45, 7) is 14.4. The molecule has 0 aromatic heterocycles. The third-order valence-electron chi connectivity index (χ3n) is 2.34. The summed E-state index contributed by atoms with van der Waals surface area (Å²) in [6, 6.07) is 0.251. The molecule has 1 atom stereocenters. The van der Waals surface area contributed by atoms with Gasteiger partial charge in [-0.3, -0.25) is 0 Å². The molecule has 0 aliphatic heterocycles. The molecule has 16 heavy (non-hydrogen) atoms. The molecule has 0 aromatic carbocycles. The highest BCUT2D eigenvalue weighted by Gasteiger charge is 2.20. The normalized spacial score (nSPS) is 13.1. The summed E-state index contributed by atoms with van der Waals surface area (Å²) in [5.74, 6) is 0. The summed E-state index contributed by atoms with van der Waals surface area (Å²) in [5, 5.41) is 3.42. The van der Waals surface area contributed by atoms with E-state index in [0.29, 0.717) is 13.2 Å². The monoisotopic (exact) mass is 229 g/mol. The molecule has 0 bridgehead atoms. The molecule has 96 valence electrons. The van der Waals surface area contributed by atoms with Crippen LogP contribution in [0.25, 0.3) is 0 Å². The lowest BCUT2D eigenvalue weighted by molar-refractivity contribution is -0.154. The van der Waals surface area contributed by atoms with Crippen molar-refractivity contribution in [3.8, 4) is 0 Å². The molecular weight excluding hydrogens is 202 g/mol. The summed E-state index contributed by atoms with van der Waals surface area (Å²) in [6.07, 6.45) is 1.87. The van der Waals surface area contributed by atoms with Crippen LogP contribution in [-0.2, 0) is 9.47 Å². The van der Waals surface area contributed by atoms with Crippen LogP contribution >= 0.6 is 0 Å². The Labute approximate surface area is 100 Å². The Hall–Kier alpha value is -0.380. The number of hydrogen-bond acceptors (Lipinski definition) is 3. The second kappa shape index (κ2) is 9.82. The quantitative estimate of drug-likeness (QED) is 0.461. The van der Waals surface area contributed by atoms with Gasteiger partial charge in [0.1, 0.15) is 0 Å². The van der Waals surface area contributed by atoms with Crippen molar-refractivity contribution >= 4 is 0 Å². The molecule has 0 saturated carbocycles. The Morgan fingerprint density at radius 2 is 1.75 bits per heavy atom. The first kappa shape index (κ1) is 15.6. The highest BCUT2D eigenvalue weighted by atomic mass is 16.7. The molecule has 0 amide bonds. The fourth-order valence-corrected chi connectivity index (χ4v) is 1.61. The van der Waals surface area contributed by atoms with E-state index in [1.54, 1.807) is 0 Å². The Morgan fingerprint density at radius 1 is 1.19 bits per heavy atom. The zero-order valence-corrected chi connectivity index (χ0v) is 11.2. The van der Waals surface area contributed by atoms with E-state index in [4.69, 9.17) is 9.47 Å². The lowest BCUT2D eigenvalue weighted by atomic mass is 10.1. The second-order valence-electron chi connectivity index (χ2n) is 3.94. The molecule has 0 fully saturated rings. The van der Waals surface area contributed by atoms with Crippen LogP contribution in [0.3, 0.4) is 0 Å². The van der Waals surface area contributed by atoms with E-state index in [1.807, 2.05) is 13.8 Å². The zero-order chi connectivity index (χ0) is 12.4. The number of allylic oxidation sites excluding steroid dienone is 1. The first-order valence-electron chi connectivity index (χ1n) is 6.26. The number of nitrogens with one attached hydrogen (secondary N) is 1. The van der Waals surface area contributed by atoms with Crippen LogP contribution in [0.1, 0.15) is 40.5 Å². The Morgan fingerprint density at radius 3 is 2.12 bits per heavy atom. The van der Waals surface area contributed by atoms with Crippen LogP contribution in [0.2, 0.25) is 0 Å². The van der Waals surface area contributed by atoms with E-state index in [2.05, 4.69) is 25.7 Å². The van der Waals surface area contributed by atoms with Gasteiger partial charge in [0.15, 0.2) is 6.29 Å². The molecule has 1 unspecified atom stereocenters. The number of ether oxygens (including phenoxy) is 2. The van der Waals surface area contributed by atoms with Gasteiger partial charge in [0.05, 0.1) is 6.04 Å². The van der Waals surface area contributed by atoms with Gasteiger partial charge in [0, 0.05) is 13.2 Å². The number of likely N-dealkylation sites (N-methyl/N-ethyl adjacent to an activating group) is 1. The SMILES string of the molecule is C=C(C)CCC(NCC)C(OCC)OCC. The second-order valence-corrected chi connectivity index (χ2v) is 3.94. The highest BCUT2D eigenvalue weighted by Crippen LogP contribution is 2.11. The molecule has 0 rings (SSSR count). The van der Waals surface area contributed by atoms with Crippen molar-refractivity contribution in [2.45, 2.75) is 52.9 Å². The Kier molecular flexibility index (Phi) is 9.59. The summed E-state index contributed by atoms with van der Waals surface area (Å²) in [4.78, 5) is 0. The van der Waals surface area contributed by atoms with E-state index in [-0.39, 0.29) is 12.3 Å². The fourth-order valence-electron chi connectivity index (χ4n) is 1.61. The largest absolute Gasteiger partial charge is 0.351 e. The van der Waals surface area contributed by atoms with Crippen molar-refractivity contribution in [3.05, 3.63) is 12.2 Å². The van der Waals surface area contributed by atoms with Crippen molar-refractivity contribution in [2.24, 2.45) is 0 Å². The van der Waals surface area contributed by atoms with Gasteiger partial charge >= 0.3 is 0 Å². The third kappa shape index (κ3) is 6.99. The zero-order valence-electron chi connectivity index (χ0n) is 11.2. The van der Waals surface area contributed by atoms with Gasteiger partial charge in [-0.2, -0.15) is 0 Å². The van der Waals surface area contributed by atoms with E-state index < -0.39 is 0 Å². The first-order valence-corrected chi connectivity index (χ1v) is 6.26. The highest BCUT2D eigenvalue weighted by molar-refractivity contribution is 4.89. The van der Waals surface area contributed by atoms with Gasteiger partial charge in [0.2, 0.25) is 0 Å². The van der Waals surface area contributed by atoms with Crippen LogP contribution < -0.4 is 5.32 Å². The molecule has 0 aliphatic carbocycles. The summed E-state index contributed by atoms with van der Waals surface area (Å²) in [7, 11) is 0. The van der Waals surface area contributed by atoms with Crippen molar-refractivity contribution in [1.29, 1.82) is 0 Å². The summed E-state index contributed by atoms with van der Waals surface area (Å²) >= 11 is 0. The Bertz CT molecular complexity index is 177. The van der Waals surface area contributed by atoms with Crippen molar-refractivity contribution in [1.82, 2.24) is 5.32 Å². The van der Waals surface area contributed by atoms with E-state index in [0.717, 1.165) is 19.4 Å². The summed E-state index contributed by atoms with van der Waals surface area (Å²) < 4.78 is 11.2. The molecule has 0 radical (unpaired) electrons. The maximum atomic E-state index is 5.61. The van der Waals surface area contributed by atoms with E-state index in [1.165, 1.54) is 5.57 Å². The molecular formula is C13H27NO2. The molecule has 0 aromatic rings. The van der Waals surface area contributed by atoms with Crippen LogP contribution in [-0.4, -0.2) is 32.1 Å². The number of rotatable bonds is 10. The first-order chi connectivity index (χ1) is 7.65. The lowest BCUT2D eigenvalue weighted by Crippen LogP contribution is -2.43. The minimum atomic E-state index is -0.144. The molecule has 0 heterocycles. The predicted molar refractivity (Wildman–Crippen MR) is 68.6 cm³/mol. The maximum Gasteiger partial charge on any atom is 0.172 e. The smallest absolute Gasteiger partial charge is 0.172 e. The van der Waals surface area contributed by atoms with E-state index in [9.17, 15) is 0 Å². The van der Waals surface area contributed by atoms with Crippen molar-refractivity contribution < 1.29 is 9.47 Å². The van der Waals surface area contributed by atoms with E-state index >= 15 is 0 Å². The predicted octanol–water partition coefficient (Wildman–Crippen LogP) is 2.72. The van der Waals surface area contributed by atoms with Gasteiger partial charge < -0.3 is 14.8 Å². The average Bonchev–Trinajstić information content (AvgIpc) is 2.24. The maximum absolute atomic E-state index is 5.61. The molecule has 1 N–H and O–H groups in total. The molecule has 3 heteroatoms. The summed E-state index contributed by atoms with van der Waals surface area (Å²) in [5.41, 5.74) is 1.20. The number of hydrogen-bond donors (Lipinski definition) is 1. The van der Waals surface area contributed by atoms with Gasteiger partial charge in [-0.25, -0.2) is 0 Å². The van der Waals surface area contributed by atoms with Gasteiger partial charge in [-0.15, -0.1) is 6.58 Å². The minimum Gasteiger partial charge on any atom is -0.351 e. The van der Waals surface area contributed by atoms with Gasteiger partial charge in [0.25, 0.3) is 0 Å². The molecule has 0 saturated heterocycles. The molecule has 3 nitrogen and oxygen atoms in total. The standard InChI is InChI=1S/C13H27NO2/c1-6-14-12(10-9-11(4)5)13(15-7-2)16-8-3/h12-14H,4,6-10H2,1-3,5H3. The molecule has 0 aliphatic rings. The fraction of sp³-hybridized carbons (Fsp3) is 0.846. The van der Waals surface area contributed by atoms with Crippen molar-refractivity contribution in [2.75, 3.05) is 19.8 Å². The van der Waals surface area contributed by atoms with Crippen LogP contribution in [0.5, 0.6) is 0 Å². The van der Waals surface area contributed by atoms with Crippen LogP contribution in [0.15, 0.2) is 12.2 Å². The lowest BCUT2D eigenvalue weighted by Gasteiger charge is -2.27. The van der Waals surface area contributed by atoms with Gasteiger partial charge in [-0.05, 0) is 40.2 Å². The van der Waals surface area contributed by atoms with Crippen molar-refractivity contribution in [3.63, 3.8) is 0 Å². The van der Waals surface area contributed by atoms with Crippen LogP contribution in [0.4, 0.5) is 0 Å². The molecule has 0 spiro atoms. The Balaban J connectivity index is 4.24. The average molecular weight is 229 g/mol.